The van der Waals surface area contributed by atoms with Crippen molar-refractivity contribution in [3.8, 4) is 5.75 Å². The maximum absolute atomic E-state index is 13.2. The number of anilines is 1. The van der Waals surface area contributed by atoms with Gasteiger partial charge in [-0.25, -0.2) is 0 Å². The van der Waals surface area contributed by atoms with Crippen molar-refractivity contribution < 1.29 is 19.8 Å². The molecule has 0 radical (unpaired) electrons. The normalized spacial score (nSPS) is 17.8. The molecule has 0 aromatic heterocycles. The summed E-state index contributed by atoms with van der Waals surface area (Å²) in [5, 5.41) is 21.4. The molecule has 7 heteroatoms. The van der Waals surface area contributed by atoms with E-state index in [1.54, 1.807) is 18.2 Å². The number of hydrogen-bond donors (Lipinski definition) is 2. The van der Waals surface area contributed by atoms with Gasteiger partial charge in [0.25, 0.3) is 11.7 Å². The third kappa shape index (κ3) is 3.74. The number of carbonyl (C=O) groups is 2. The monoisotopic (exact) mass is 467 g/mol. The molecule has 0 saturated carbocycles. The number of ketones is 1. The summed E-state index contributed by atoms with van der Waals surface area (Å²) in [6.45, 7) is 3.79. The number of phenols is 1. The Labute approximate surface area is 195 Å². The van der Waals surface area contributed by atoms with Crippen LogP contribution in [0.3, 0.4) is 0 Å². The van der Waals surface area contributed by atoms with Crippen LogP contribution < -0.4 is 4.90 Å². The Morgan fingerprint density at radius 1 is 0.906 bits per heavy atom. The van der Waals surface area contributed by atoms with E-state index in [1.807, 2.05) is 26.0 Å². The first kappa shape index (κ1) is 21.9. The van der Waals surface area contributed by atoms with Crippen LogP contribution in [0.1, 0.15) is 28.3 Å². The predicted octanol–water partition coefficient (Wildman–Crippen LogP) is 5.94. The molecule has 1 amide bonds. The molecule has 0 aliphatic carbocycles. The Balaban J connectivity index is 1.97. The lowest BCUT2D eigenvalue weighted by molar-refractivity contribution is -0.132. The Hall–Kier alpha value is -3.28. The van der Waals surface area contributed by atoms with Crippen LogP contribution in [-0.2, 0) is 9.59 Å². The number of hydrogen-bond acceptors (Lipinski definition) is 4. The molecule has 32 heavy (non-hydrogen) atoms. The number of rotatable bonds is 3. The molecule has 2 N–H and O–H groups in total. The van der Waals surface area contributed by atoms with Crippen LogP contribution in [0.2, 0.25) is 10.0 Å². The van der Waals surface area contributed by atoms with Crippen LogP contribution >= 0.6 is 23.2 Å². The van der Waals surface area contributed by atoms with Gasteiger partial charge < -0.3 is 10.2 Å². The largest absolute Gasteiger partial charge is 0.508 e. The molecule has 5 nitrogen and oxygen atoms in total. The summed E-state index contributed by atoms with van der Waals surface area (Å²) in [6, 6.07) is 15.3. The van der Waals surface area contributed by atoms with Crippen molar-refractivity contribution in [3.63, 3.8) is 0 Å². The Bertz CT molecular complexity index is 1280. The van der Waals surface area contributed by atoms with E-state index in [4.69, 9.17) is 23.2 Å². The highest BCUT2D eigenvalue weighted by molar-refractivity contribution is 6.52. The number of amides is 1. The molecule has 3 aromatic rings. The summed E-state index contributed by atoms with van der Waals surface area (Å²) >= 11 is 12.1. The molecular weight excluding hydrogens is 449 g/mol. The maximum atomic E-state index is 13.2. The highest BCUT2D eigenvalue weighted by atomic mass is 35.5. The van der Waals surface area contributed by atoms with Crippen molar-refractivity contribution in [3.05, 3.63) is 98.5 Å². The highest BCUT2D eigenvalue weighted by Gasteiger charge is 2.47. The van der Waals surface area contributed by atoms with Crippen LogP contribution in [0.4, 0.5) is 5.69 Å². The summed E-state index contributed by atoms with van der Waals surface area (Å²) in [5.41, 5.74) is 3.14. The molecule has 4 rings (SSSR count). The number of Topliss-reactive ketones (excluding diaryl/α,β-unsaturated/α-hetero) is 1. The average Bonchev–Trinajstić information content (AvgIpc) is 3.01. The standard InChI is InChI=1S/C25H19Cl2NO4/c1-13-3-10-20(14(2)11-13)28-22(15-4-7-17(29)8-5-15)21(24(31)25(28)32)23(30)16-6-9-18(26)19(27)12-16/h3-12,22,29-30H,1-2H3/b23-21+. The second-order valence-corrected chi connectivity index (χ2v) is 8.49. The van der Waals surface area contributed by atoms with Crippen molar-refractivity contribution in [2.75, 3.05) is 4.90 Å². The molecule has 0 bridgehead atoms. The number of nitrogens with zero attached hydrogens (tertiary/aromatic N) is 1. The van der Waals surface area contributed by atoms with Gasteiger partial charge in [-0.1, -0.05) is 53.0 Å². The molecule has 0 spiro atoms. The number of aliphatic hydroxyl groups excluding tert-OH is 1. The zero-order valence-corrected chi connectivity index (χ0v) is 18.8. The lowest BCUT2D eigenvalue weighted by Crippen LogP contribution is -2.30. The number of phenolic OH excluding ortho intramolecular Hbond substituents is 1. The third-order valence-corrected chi connectivity index (χ3v) is 6.20. The van der Waals surface area contributed by atoms with E-state index < -0.39 is 17.7 Å². The maximum Gasteiger partial charge on any atom is 0.300 e. The number of benzene rings is 3. The second-order valence-electron chi connectivity index (χ2n) is 7.68. The summed E-state index contributed by atoms with van der Waals surface area (Å²) in [7, 11) is 0. The molecule has 1 atom stereocenters. The van der Waals surface area contributed by atoms with Crippen LogP contribution in [-0.4, -0.2) is 21.9 Å². The highest BCUT2D eigenvalue weighted by Crippen LogP contribution is 2.43. The van der Waals surface area contributed by atoms with Gasteiger partial charge in [-0.15, -0.1) is 0 Å². The van der Waals surface area contributed by atoms with Gasteiger partial charge in [0.15, 0.2) is 0 Å². The Morgan fingerprint density at radius 2 is 1.59 bits per heavy atom. The average molecular weight is 468 g/mol. The van der Waals surface area contributed by atoms with Crippen LogP contribution in [0.5, 0.6) is 5.75 Å². The number of carbonyl (C=O) groups excluding carboxylic acids is 2. The number of halogens is 2. The first-order valence-electron chi connectivity index (χ1n) is 9.81. The summed E-state index contributed by atoms with van der Waals surface area (Å²) in [4.78, 5) is 27.7. The molecule has 162 valence electrons. The first-order valence-corrected chi connectivity index (χ1v) is 10.6. The van der Waals surface area contributed by atoms with E-state index in [9.17, 15) is 19.8 Å². The molecule has 1 aliphatic rings. The van der Waals surface area contributed by atoms with E-state index >= 15 is 0 Å². The smallest absolute Gasteiger partial charge is 0.300 e. The van der Waals surface area contributed by atoms with Gasteiger partial charge in [0, 0.05) is 11.3 Å². The van der Waals surface area contributed by atoms with Gasteiger partial charge in [-0.3, -0.25) is 14.5 Å². The third-order valence-electron chi connectivity index (χ3n) is 5.46. The van der Waals surface area contributed by atoms with Crippen LogP contribution in [0.25, 0.3) is 5.76 Å². The molecule has 1 heterocycles. The van der Waals surface area contributed by atoms with Gasteiger partial charge in [-0.05, 0) is 61.4 Å². The number of aromatic hydroxyl groups is 1. The second kappa shape index (κ2) is 8.34. The topological polar surface area (TPSA) is 77.8 Å². The fraction of sp³-hybridized carbons (Fsp3) is 0.120. The van der Waals surface area contributed by atoms with Crippen molar-refractivity contribution in [2.24, 2.45) is 0 Å². The Kier molecular flexibility index (Phi) is 5.71. The Morgan fingerprint density at radius 3 is 2.22 bits per heavy atom. The molecule has 1 saturated heterocycles. The summed E-state index contributed by atoms with van der Waals surface area (Å²) in [5.74, 6) is -1.88. The van der Waals surface area contributed by atoms with Gasteiger partial charge in [0.2, 0.25) is 0 Å². The van der Waals surface area contributed by atoms with Crippen molar-refractivity contribution >= 4 is 46.3 Å². The zero-order valence-electron chi connectivity index (χ0n) is 17.3. The zero-order chi connectivity index (χ0) is 23.2. The lowest BCUT2D eigenvalue weighted by Gasteiger charge is -2.27. The SMILES string of the molecule is Cc1ccc(N2C(=O)C(=O)/C(=C(/O)c3ccc(Cl)c(Cl)c3)C2c2ccc(O)cc2)c(C)c1. The van der Waals surface area contributed by atoms with E-state index in [2.05, 4.69) is 0 Å². The van der Waals surface area contributed by atoms with E-state index in [0.29, 0.717) is 16.3 Å². The van der Waals surface area contributed by atoms with E-state index in [-0.39, 0.29) is 27.7 Å². The molecule has 1 fully saturated rings. The molecule has 1 unspecified atom stereocenters. The fourth-order valence-corrected chi connectivity index (χ4v) is 4.23. The first-order chi connectivity index (χ1) is 15.2. The summed E-state index contributed by atoms with van der Waals surface area (Å²) < 4.78 is 0. The van der Waals surface area contributed by atoms with Gasteiger partial charge in [0.05, 0.1) is 21.7 Å². The lowest BCUT2D eigenvalue weighted by atomic mass is 9.94. The molecular formula is C25H19Cl2NO4. The minimum absolute atomic E-state index is 0.0432. The van der Waals surface area contributed by atoms with Gasteiger partial charge in [-0.2, -0.15) is 0 Å². The van der Waals surface area contributed by atoms with Crippen molar-refractivity contribution in [2.45, 2.75) is 19.9 Å². The minimum atomic E-state index is -0.897. The van der Waals surface area contributed by atoms with Gasteiger partial charge >= 0.3 is 0 Å². The van der Waals surface area contributed by atoms with Crippen molar-refractivity contribution in [1.29, 1.82) is 0 Å². The van der Waals surface area contributed by atoms with Crippen LogP contribution in [0, 0.1) is 13.8 Å². The van der Waals surface area contributed by atoms with Crippen molar-refractivity contribution in [1.82, 2.24) is 0 Å². The van der Waals surface area contributed by atoms with Gasteiger partial charge in [0.1, 0.15) is 11.5 Å². The van der Waals surface area contributed by atoms with Crippen LogP contribution in [0.15, 0.2) is 66.2 Å². The van der Waals surface area contributed by atoms with E-state index in [0.717, 1.165) is 11.1 Å². The minimum Gasteiger partial charge on any atom is -0.508 e. The number of aryl methyl sites for hydroxylation is 2. The number of aliphatic hydroxyl groups is 1. The summed E-state index contributed by atoms with van der Waals surface area (Å²) in [6.07, 6.45) is 0. The molecule has 1 aliphatic heterocycles. The fourth-order valence-electron chi connectivity index (χ4n) is 3.93. The molecule has 3 aromatic carbocycles. The quantitative estimate of drug-likeness (QED) is 0.283. The van der Waals surface area contributed by atoms with E-state index in [1.165, 1.54) is 35.2 Å². The predicted molar refractivity (Wildman–Crippen MR) is 125 cm³/mol.